The number of hydrogen-bond donors (Lipinski definition) is 0. The summed E-state index contributed by atoms with van der Waals surface area (Å²) in [4.78, 5) is 32.0. The summed E-state index contributed by atoms with van der Waals surface area (Å²) in [5.74, 6) is -0.279. The summed E-state index contributed by atoms with van der Waals surface area (Å²) in [6.07, 6.45) is 3.68. The van der Waals surface area contributed by atoms with Crippen molar-refractivity contribution in [3.05, 3.63) is 30.1 Å². The van der Waals surface area contributed by atoms with Crippen LogP contribution in [0.25, 0.3) is 0 Å². The molecule has 1 aromatic rings. The predicted octanol–water partition coefficient (Wildman–Crippen LogP) is 1.39. The molecule has 6 heteroatoms. The highest BCUT2D eigenvalue weighted by Gasteiger charge is 2.37. The van der Waals surface area contributed by atoms with Gasteiger partial charge in [-0.15, -0.1) is 0 Å². The lowest BCUT2D eigenvalue weighted by Gasteiger charge is -2.30. The van der Waals surface area contributed by atoms with Crippen LogP contribution in [-0.4, -0.2) is 52.4 Å². The molecule has 118 valence electrons. The van der Waals surface area contributed by atoms with E-state index in [1.165, 1.54) is 0 Å². The van der Waals surface area contributed by atoms with Crippen LogP contribution in [0.1, 0.15) is 24.8 Å². The highest BCUT2D eigenvalue weighted by molar-refractivity contribution is 5.89. The van der Waals surface area contributed by atoms with Crippen molar-refractivity contribution in [2.45, 2.75) is 32.0 Å². The number of nitrogens with zero attached hydrogens (tertiary/aromatic N) is 3. The summed E-state index contributed by atoms with van der Waals surface area (Å²) in [6, 6.07) is 3.74. The van der Waals surface area contributed by atoms with Crippen LogP contribution in [-0.2, 0) is 16.1 Å². The van der Waals surface area contributed by atoms with Gasteiger partial charge in [-0.1, -0.05) is 0 Å². The van der Waals surface area contributed by atoms with Gasteiger partial charge in [-0.05, 0) is 30.5 Å². The molecule has 0 N–H and O–H groups in total. The van der Waals surface area contributed by atoms with E-state index < -0.39 is 6.17 Å². The largest absolute Gasteiger partial charge is 0.342 e. The third-order valence-corrected chi connectivity index (χ3v) is 4.42. The second-order valence-corrected chi connectivity index (χ2v) is 6.03. The smallest absolute Gasteiger partial charge is 0.227 e. The Bertz CT molecular complexity index is 544. The molecule has 2 aliphatic heterocycles. The fourth-order valence-electron chi connectivity index (χ4n) is 3.13. The highest BCUT2D eigenvalue weighted by Crippen LogP contribution is 2.24. The van der Waals surface area contributed by atoms with Crippen LogP contribution in [0.4, 0.5) is 4.39 Å². The molecule has 22 heavy (non-hydrogen) atoms. The second-order valence-electron chi connectivity index (χ2n) is 6.03. The van der Waals surface area contributed by atoms with Gasteiger partial charge >= 0.3 is 0 Å². The van der Waals surface area contributed by atoms with E-state index >= 15 is 0 Å². The summed E-state index contributed by atoms with van der Waals surface area (Å²) in [5.41, 5.74) is 1.01. The van der Waals surface area contributed by atoms with E-state index in [-0.39, 0.29) is 24.2 Å². The number of pyridine rings is 1. The van der Waals surface area contributed by atoms with Gasteiger partial charge in [0.1, 0.15) is 6.17 Å². The van der Waals surface area contributed by atoms with Crippen LogP contribution in [0.5, 0.6) is 0 Å². The topological polar surface area (TPSA) is 53.5 Å². The number of piperidine rings is 1. The molecule has 2 amide bonds. The Morgan fingerprint density at radius 1 is 1.27 bits per heavy atom. The highest BCUT2D eigenvalue weighted by atomic mass is 19.1. The maximum atomic E-state index is 13.2. The average molecular weight is 305 g/mol. The first kappa shape index (κ1) is 14.9. The summed E-state index contributed by atoms with van der Waals surface area (Å²) >= 11 is 0. The maximum absolute atomic E-state index is 13.2. The Hall–Kier alpha value is -1.98. The lowest BCUT2D eigenvalue weighted by Crippen LogP contribution is -2.42. The van der Waals surface area contributed by atoms with Gasteiger partial charge in [0.2, 0.25) is 11.8 Å². The SMILES string of the molecule is O=C1C[C@H](C(=O)N2CCC(F)CC2)CN1Cc1ccncc1. The molecule has 0 spiro atoms. The number of alkyl halides is 1. The van der Waals surface area contributed by atoms with Gasteiger partial charge in [-0.3, -0.25) is 14.6 Å². The van der Waals surface area contributed by atoms with E-state index in [1.54, 1.807) is 22.2 Å². The molecule has 3 heterocycles. The van der Waals surface area contributed by atoms with Crippen LogP contribution >= 0.6 is 0 Å². The van der Waals surface area contributed by atoms with Crippen molar-refractivity contribution in [3.63, 3.8) is 0 Å². The number of likely N-dealkylation sites (tertiary alicyclic amines) is 2. The first-order chi connectivity index (χ1) is 10.6. The van der Waals surface area contributed by atoms with Gasteiger partial charge < -0.3 is 9.80 Å². The number of aromatic nitrogens is 1. The average Bonchev–Trinajstić information content (AvgIpc) is 2.89. The van der Waals surface area contributed by atoms with E-state index in [0.717, 1.165) is 5.56 Å². The van der Waals surface area contributed by atoms with Gasteiger partial charge in [0.15, 0.2) is 0 Å². The molecule has 0 aromatic carbocycles. The second kappa shape index (κ2) is 6.42. The molecule has 1 atom stereocenters. The Morgan fingerprint density at radius 2 is 1.95 bits per heavy atom. The zero-order chi connectivity index (χ0) is 15.5. The zero-order valence-corrected chi connectivity index (χ0v) is 12.4. The van der Waals surface area contributed by atoms with Gasteiger partial charge in [0.25, 0.3) is 0 Å². The fraction of sp³-hybridized carbons (Fsp3) is 0.562. The molecule has 0 aliphatic carbocycles. The van der Waals surface area contributed by atoms with E-state index in [4.69, 9.17) is 0 Å². The Labute approximate surface area is 129 Å². The molecule has 5 nitrogen and oxygen atoms in total. The molecule has 0 saturated carbocycles. The first-order valence-electron chi connectivity index (χ1n) is 7.73. The van der Waals surface area contributed by atoms with Gasteiger partial charge in [0.05, 0.1) is 5.92 Å². The number of carbonyl (C=O) groups excluding carboxylic acids is 2. The minimum Gasteiger partial charge on any atom is -0.342 e. The summed E-state index contributed by atoms with van der Waals surface area (Å²) < 4.78 is 13.2. The van der Waals surface area contributed by atoms with E-state index in [1.807, 2.05) is 12.1 Å². The Morgan fingerprint density at radius 3 is 2.64 bits per heavy atom. The Kier molecular flexibility index (Phi) is 4.36. The number of carbonyl (C=O) groups is 2. The third kappa shape index (κ3) is 3.26. The molecule has 1 aromatic heterocycles. The summed E-state index contributed by atoms with van der Waals surface area (Å²) in [6.45, 7) is 1.90. The molecule has 0 bridgehead atoms. The van der Waals surface area contributed by atoms with Crippen molar-refractivity contribution in [3.8, 4) is 0 Å². The van der Waals surface area contributed by atoms with E-state index in [9.17, 15) is 14.0 Å². The van der Waals surface area contributed by atoms with Gasteiger partial charge in [-0.25, -0.2) is 4.39 Å². The van der Waals surface area contributed by atoms with Crippen molar-refractivity contribution in [1.29, 1.82) is 0 Å². The van der Waals surface area contributed by atoms with Crippen LogP contribution < -0.4 is 0 Å². The van der Waals surface area contributed by atoms with Gasteiger partial charge in [-0.2, -0.15) is 0 Å². The van der Waals surface area contributed by atoms with Crippen molar-refractivity contribution in [2.24, 2.45) is 5.92 Å². The van der Waals surface area contributed by atoms with E-state index in [0.29, 0.717) is 39.0 Å². The lowest BCUT2D eigenvalue weighted by atomic mass is 10.0. The number of amides is 2. The molecule has 0 unspecified atom stereocenters. The number of rotatable bonds is 3. The third-order valence-electron chi connectivity index (χ3n) is 4.42. The van der Waals surface area contributed by atoms with Crippen LogP contribution in [0, 0.1) is 5.92 Å². The van der Waals surface area contributed by atoms with Crippen LogP contribution in [0.3, 0.4) is 0 Å². The maximum Gasteiger partial charge on any atom is 0.227 e. The predicted molar refractivity (Wildman–Crippen MR) is 78.5 cm³/mol. The van der Waals surface area contributed by atoms with E-state index in [2.05, 4.69) is 4.98 Å². The Balaban J connectivity index is 1.58. The van der Waals surface area contributed by atoms with Gasteiger partial charge in [0, 0.05) is 45.0 Å². The zero-order valence-electron chi connectivity index (χ0n) is 12.4. The lowest BCUT2D eigenvalue weighted by molar-refractivity contribution is -0.137. The van der Waals surface area contributed by atoms with Crippen LogP contribution in [0.15, 0.2) is 24.5 Å². The summed E-state index contributed by atoms with van der Waals surface area (Å²) in [5, 5.41) is 0. The number of halogens is 1. The minimum atomic E-state index is -0.794. The summed E-state index contributed by atoms with van der Waals surface area (Å²) in [7, 11) is 0. The van der Waals surface area contributed by atoms with Crippen molar-refractivity contribution < 1.29 is 14.0 Å². The van der Waals surface area contributed by atoms with Crippen LogP contribution in [0.2, 0.25) is 0 Å². The molecule has 2 aliphatic rings. The molecule has 0 radical (unpaired) electrons. The molecule has 2 saturated heterocycles. The quantitative estimate of drug-likeness (QED) is 0.848. The fourth-order valence-corrected chi connectivity index (χ4v) is 3.13. The number of hydrogen-bond acceptors (Lipinski definition) is 3. The van der Waals surface area contributed by atoms with Crippen molar-refractivity contribution >= 4 is 11.8 Å². The van der Waals surface area contributed by atoms with Crippen molar-refractivity contribution in [1.82, 2.24) is 14.8 Å². The molecule has 2 fully saturated rings. The standard InChI is InChI=1S/C16H20FN3O2/c17-14-3-7-19(8-4-14)16(22)13-9-15(21)20(11-13)10-12-1-5-18-6-2-12/h1-2,5-6,13-14H,3-4,7-11H2/t13-/m0/s1. The van der Waals surface area contributed by atoms with Crippen molar-refractivity contribution in [2.75, 3.05) is 19.6 Å². The monoisotopic (exact) mass is 305 g/mol. The molecule has 3 rings (SSSR count). The minimum absolute atomic E-state index is 0.00233. The molecular weight excluding hydrogens is 285 g/mol. The molecular formula is C16H20FN3O2. The normalized spacial score (nSPS) is 23.1. The first-order valence-corrected chi connectivity index (χ1v) is 7.73.